The largest absolute Gasteiger partial charge is 0.508 e. The van der Waals surface area contributed by atoms with Crippen LogP contribution in [-0.2, 0) is 5.75 Å². The number of aromatic hydroxyl groups is 1. The van der Waals surface area contributed by atoms with Gasteiger partial charge >= 0.3 is 0 Å². The van der Waals surface area contributed by atoms with Gasteiger partial charge in [0.1, 0.15) is 11.5 Å². The van der Waals surface area contributed by atoms with Gasteiger partial charge in [0.25, 0.3) is 0 Å². The van der Waals surface area contributed by atoms with E-state index in [1.165, 1.54) is 18.2 Å². The van der Waals surface area contributed by atoms with E-state index in [9.17, 15) is 9.90 Å². The molecule has 2 aromatic carbocycles. The lowest BCUT2D eigenvalue weighted by atomic mass is 10.1. The van der Waals surface area contributed by atoms with Gasteiger partial charge in [0.15, 0.2) is 5.78 Å². The number of ether oxygens (including phenoxy) is 1. The number of methoxy groups -OCH3 is 1. The molecule has 0 spiro atoms. The molecule has 0 bridgehead atoms. The minimum Gasteiger partial charge on any atom is -0.508 e. The molecule has 0 aliphatic carbocycles. The Balaban J connectivity index is 1.73. The molecule has 0 aliphatic heterocycles. The molecule has 0 aliphatic rings. The van der Waals surface area contributed by atoms with Crippen molar-refractivity contribution in [1.82, 2.24) is 4.98 Å². The van der Waals surface area contributed by atoms with Crippen LogP contribution in [0.2, 0.25) is 0 Å². The number of pyridine rings is 1. The molecular weight excluding hydrogens is 358 g/mol. The highest BCUT2D eigenvalue weighted by atomic mass is 32.2. The monoisotopic (exact) mass is 377 g/mol. The van der Waals surface area contributed by atoms with Crippen molar-refractivity contribution < 1.29 is 14.6 Å². The highest BCUT2D eigenvalue weighted by Gasteiger charge is 2.06. The Hall–Kier alpha value is -3.05. The van der Waals surface area contributed by atoms with Crippen LogP contribution in [0.15, 0.2) is 78.0 Å². The number of hydrogen-bond donors (Lipinski definition) is 1. The standard InChI is InChI=1S/C22H19NO3S/c1-26-21-12-6-16(5-11-20(25)17-7-9-19(24)10-8-17)14-18(21)15-27-22-4-2-3-13-23-22/h2-14,24H,15H2,1H3/b11-5+. The number of phenolic OH excluding ortho intramolecular Hbond substituents is 1. The summed E-state index contributed by atoms with van der Waals surface area (Å²) in [5.74, 6) is 1.55. The van der Waals surface area contributed by atoms with Crippen LogP contribution in [0.3, 0.4) is 0 Å². The van der Waals surface area contributed by atoms with Crippen LogP contribution < -0.4 is 4.74 Å². The molecule has 1 heterocycles. The van der Waals surface area contributed by atoms with Crippen LogP contribution in [0.4, 0.5) is 0 Å². The highest BCUT2D eigenvalue weighted by Crippen LogP contribution is 2.28. The number of ketones is 1. The van der Waals surface area contributed by atoms with Crippen LogP contribution in [0.5, 0.6) is 11.5 Å². The van der Waals surface area contributed by atoms with Crippen LogP contribution in [0, 0.1) is 0 Å². The van der Waals surface area contributed by atoms with E-state index in [1.807, 2.05) is 36.4 Å². The summed E-state index contributed by atoms with van der Waals surface area (Å²) in [6.45, 7) is 0. The van der Waals surface area contributed by atoms with E-state index in [0.29, 0.717) is 11.3 Å². The van der Waals surface area contributed by atoms with Crippen LogP contribution in [-0.4, -0.2) is 23.0 Å². The number of aromatic nitrogens is 1. The molecule has 3 rings (SSSR count). The first-order valence-electron chi connectivity index (χ1n) is 8.38. The van der Waals surface area contributed by atoms with Crippen LogP contribution >= 0.6 is 11.8 Å². The fraction of sp³-hybridized carbons (Fsp3) is 0.0909. The third-order valence-electron chi connectivity index (χ3n) is 3.90. The Morgan fingerprint density at radius 2 is 1.96 bits per heavy atom. The summed E-state index contributed by atoms with van der Waals surface area (Å²) in [7, 11) is 1.65. The number of nitrogens with zero attached hydrogens (tertiary/aromatic N) is 1. The zero-order valence-corrected chi connectivity index (χ0v) is 15.6. The van der Waals surface area contributed by atoms with Gasteiger partial charge in [-0.2, -0.15) is 0 Å². The number of benzene rings is 2. The molecular formula is C22H19NO3S. The molecule has 5 heteroatoms. The Morgan fingerprint density at radius 1 is 1.15 bits per heavy atom. The van der Waals surface area contributed by atoms with Gasteiger partial charge in [0.2, 0.25) is 0 Å². The molecule has 4 nitrogen and oxygen atoms in total. The van der Waals surface area contributed by atoms with Crippen molar-refractivity contribution in [3.8, 4) is 11.5 Å². The minimum absolute atomic E-state index is 0.116. The third kappa shape index (κ3) is 5.21. The number of carbonyl (C=O) groups excluding carboxylic acids is 1. The number of rotatable bonds is 7. The average Bonchev–Trinajstić information content (AvgIpc) is 2.71. The van der Waals surface area contributed by atoms with E-state index in [-0.39, 0.29) is 11.5 Å². The summed E-state index contributed by atoms with van der Waals surface area (Å²) in [5, 5.41) is 10.3. The van der Waals surface area contributed by atoms with Gasteiger partial charge in [-0.25, -0.2) is 4.98 Å². The van der Waals surface area contributed by atoms with Gasteiger partial charge in [-0.05, 0) is 60.2 Å². The summed E-state index contributed by atoms with van der Waals surface area (Å²) in [5.41, 5.74) is 2.48. The minimum atomic E-state index is -0.116. The second-order valence-corrected chi connectivity index (χ2v) is 6.77. The zero-order valence-electron chi connectivity index (χ0n) is 14.8. The lowest BCUT2D eigenvalue weighted by Crippen LogP contribution is -1.94. The lowest BCUT2D eigenvalue weighted by molar-refractivity contribution is 0.104. The molecule has 0 saturated carbocycles. The number of phenols is 1. The molecule has 0 unspecified atom stereocenters. The fourth-order valence-electron chi connectivity index (χ4n) is 2.49. The predicted molar refractivity (Wildman–Crippen MR) is 108 cm³/mol. The Kier molecular flexibility index (Phi) is 6.28. The van der Waals surface area contributed by atoms with E-state index in [0.717, 1.165) is 21.9 Å². The maximum atomic E-state index is 12.2. The first-order chi connectivity index (χ1) is 13.2. The average molecular weight is 377 g/mol. The molecule has 0 radical (unpaired) electrons. The fourth-order valence-corrected chi connectivity index (χ4v) is 3.33. The zero-order chi connectivity index (χ0) is 19.1. The van der Waals surface area contributed by atoms with Gasteiger partial charge in [-0.3, -0.25) is 4.79 Å². The molecule has 3 aromatic rings. The first kappa shape index (κ1) is 18.7. The molecule has 0 atom stereocenters. The van der Waals surface area contributed by atoms with Crippen molar-refractivity contribution in [3.63, 3.8) is 0 Å². The summed E-state index contributed by atoms with van der Waals surface area (Å²) in [6.07, 6.45) is 5.08. The lowest BCUT2D eigenvalue weighted by Gasteiger charge is -2.09. The van der Waals surface area contributed by atoms with E-state index < -0.39 is 0 Å². The van der Waals surface area contributed by atoms with Crippen molar-refractivity contribution in [3.05, 3.63) is 89.6 Å². The molecule has 0 fully saturated rings. The van der Waals surface area contributed by atoms with Gasteiger partial charge in [-0.1, -0.05) is 18.2 Å². The van der Waals surface area contributed by atoms with Gasteiger partial charge in [0, 0.05) is 23.1 Å². The second kappa shape index (κ2) is 9.05. The predicted octanol–water partition coefficient (Wildman–Crippen LogP) is 4.98. The number of hydrogen-bond acceptors (Lipinski definition) is 5. The third-order valence-corrected chi connectivity index (χ3v) is 4.89. The van der Waals surface area contributed by atoms with Gasteiger partial charge in [0.05, 0.1) is 12.1 Å². The summed E-state index contributed by atoms with van der Waals surface area (Å²) < 4.78 is 5.45. The SMILES string of the molecule is COc1ccc(/C=C/C(=O)c2ccc(O)cc2)cc1CSc1ccccn1. The van der Waals surface area contributed by atoms with Crippen molar-refractivity contribution >= 4 is 23.6 Å². The Morgan fingerprint density at radius 3 is 2.67 bits per heavy atom. The summed E-state index contributed by atoms with van der Waals surface area (Å²) >= 11 is 1.63. The van der Waals surface area contributed by atoms with Gasteiger partial charge in [-0.15, -0.1) is 11.8 Å². The second-order valence-electron chi connectivity index (χ2n) is 5.77. The molecule has 1 N–H and O–H groups in total. The van der Waals surface area contributed by atoms with Crippen molar-refractivity contribution in [1.29, 1.82) is 0 Å². The maximum Gasteiger partial charge on any atom is 0.185 e. The van der Waals surface area contributed by atoms with Crippen LogP contribution in [0.1, 0.15) is 21.5 Å². The van der Waals surface area contributed by atoms with E-state index >= 15 is 0 Å². The van der Waals surface area contributed by atoms with E-state index in [4.69, 9.17) is 4.74 Å². The summed E-state index contributed by atoms with van der Waals surface area (Å²) in [4.78, 5) is 16.6. The normalized spacial score (nSPS) is 10.9. The number of carbonyl (C=O) groups is 1. The highest BCUT2D eigenvalue weighted by molar-refractivity contribution is 7.98. The van der Waals surface area contributed by atoms with Crippen molar-refractivity contribution in [2.24, 2.45) is 0 Å². The number of allylic oxidation sites excluding steroid dienone is 1. The molecule has 0 amide bonds. The van der Waals surface area contributed by atoms with Crippen LogP contribution in [0.25, 0.3) is 6.08 Å². The first-order valence-corrected chi connectivity index (χ1v) is 9.36. The quantitative estimate of drug-likeness (QED) is 0.357. The smallest absolute Gasteiger partial charge is 0.185 e. The molecule has 136 valence electrons. The molecule has 27 heavy (non-hydrogen) atoms. The topological polar surface area (TPSA) is 59.4 Å². The molecule has 0 saturated heterocycles. The molecule has 1 aromatic heterocycles. The van der Waals surface area contributed by atoms with E-state index in [2.05, 4.69) is 4.98 Å². The van der Waals surface area contributed by atoms with Crippen molar-refractivity contribution in [2.45, 2.75) is 10.8 Å². The Bertz CT molecular complexity index is 938. The maximum absolute atomic E-state index is 12.2. The number of thioether (sulfide) groups is 1. The summed E-state index contributed by atoms with van der Waals surface area (Å²) in [6, 6.07) is 17.8. The van der Waals surface area contributed by atoms with Crippen molar-refractivity contribution in [2.75, 3.05) is 7.11 Å². The Labute approximate surface area is 162 Å². The van der Waals surface area contributed by atoms with E-state index in [1.54, 1.807) is 43.3 Å². The van der Waals surface area contributed by atoms with Gasteiger partial charge < -0.3 is 9.84 Å².